The summed E-state index contributed by atoms with van der Waals surface area (Å²) in [4.78, 5) is 26.4. The number of aryl methyl sites for hydroxylation is 1. The minimum absolute atomic E-state index is 0. The third kappa shape index (κ3) is 3.42. The summed E-state index contributed by atoms with van der Waals surface area (Å²) < 4.78 is 8.17. The highest BCUT2D eigenvalue weighted by molar-refractivity contribution is 5.94. The molecule has 4 rings (SSSR count). The number of fused-ring (bicyclic) bond motifs is 4. The minimum Gasteiger partial charge on any atom is -0.506 e. The number of rotatable bonds is 4. The van der Waals surface area contributed by atoms with Gasteiger partial charge in [-0.25, -0.2) is 4.79 Å². The van der Waals surface area contributed by atoms with Crippen molar-refractivity contribution >= 4 is 29.3 Å². The molecule has 1 aliphatic rings. The summed E-state index contributed by atoms with van der Waals surface area (Å²) in [5.41, 5.74) is 2.01. The number of pyridine rings is 1. The largest absolute Gasteiger partial charge is 0.506 e. The van der Waals surface area contributed by atoms with Crippen molar-refractivity contribution in [2.45, 2.75) is 32.9 Å². The van der Waals surface area contributed by atoms with E-state index >= 15 is 0 Å². The maximum Gasteiger partial charge on any atom is 0.345 e. The third-order valence-electron chi connectivity index (χ3n) is 5.39. The standard InChI is InChI=1S/C21H23N3O5.ClH/c1-4-22-9-12-6-11-7-13-16(8-15(11)24(12)3)29-10(2)5-14-18(13)23-20(26)17(19(14)25)21(27)28;/h6-8,10,22H,4-5,9H2,1-3H3,(H,27,28)(H2,23,25,26);1H. The third-order valence-corrected chi connectivity index (χ3v) is 5.39. The Morgan fingerprint density at radius 3 is 2.77 bits per heavy atom. The van der Waals surface area contributed by atoms with E-state index in [-0.39, 0.29) is 24.9 Å². The van der Waals surface area contributed by atoms with Crippen LogP contribution in [0.15, 0.2) is 23.0 Å². The van der Waals surface area contributed by atoms with Crippen LogP contribution in [-0.2, 0) is 20.0 Å². The molecule has 0 saturated heterocycles. The van der Waals surface area contributed by atoms with Crippen molar-refractivity contribution in [3.8, 4) is 22.8 Å². The molecule has 8 nitrogen and oxygen atoms in total. The van der Waals surface area contributed by atoms with Crippen molar-refractivity contribution in [3.63, 3.8) is 0 Å². The highest BCUT2D eigenvalue weighted by Gasteiger charge is 2.29. The highest BCUT2D eigenvalue weighted by Crippen LogP contribution is 2.41. The molecule has 1 unspecified atom stereocenters. The number of hydrogen-bond acceptors (Lipinski definition) is 5. The minimum atomic E-state index is -1.46. The molecule has 0 amide bonds. The van der Waals surface area contributed by atoms with Crippen molar-refractivity contribution < 1.29 is 19.7 Å². The molecule has 0 spiro atoms. The Morgan fingerprint density at radius 2 is 2.10 bits per heavy atom. The van der Waals surface area contributed by atoms with Gasteiger partial charge in [0.2, 0.25) is 0 Å². The number of aromatic nitrogens is 2. The summed E-state index contributed by atoms with van der Waals surface area (Å²) >= 11 is 0. The van der Waals surface area contributed by atoms with Crippen LogP contribution in [0.2, 0.25) is 0 Å². The lowest BCUT2D eigenvalue weighted by Crippen LogP contribution is -2.21. The van der Waals surface area contributed by atoms with E-state index in [2.05, 4.69) is 20.9 Å². The summed E-state index contributed by atoms with van der Waals surface area (Å²) in [6.07, 6.45) is -0.0399. The fourth-order valence-corrected chi connectivity index (χ4v) is 3.94. The van der Waals surface area contributed by atoms with Gasteiger partial charge in [0, 0.05) is 48.3 Å². The van der Waals surface area contributed by atoms with Crippen LogP contribution in [0.25, 0.3) is 22.2 Å². The molecule has 160 valence electrons. The molecule has 0 saturated carbocycles. The van der Waals surface area contributed by atoms with Crippen LogP contribution in [-0.4, -0.2) is 38.4 Å². The molecule has 3 heterocycles. The Hall–Kier alpha value is -2.97. The van der Waals surface area contributed by atoms with Crippen LogP contribution < -0.4 is 15.6 Å². The summed E-state index contributed by atoms with van der Waals surface area (Å²) in [5.74, 6) is -1.38. The number of carboxylic acid groups (broad SMARTS) is 1. The molecule has 0 fully saturated rings. The first-order chi connectivity index (χ1) is 13.8. The molecule has 3 aromatic rings. The zero-order valence-electron chi connectivity index (χ0n) is 16.9. The molecule has 0 aliphatic carbocycles. The number of aromatic amines is 1. The number of nitrogens with zero attached hydrogens (tertiary/aromatic N) is 1. The molecule has 1 aliphatic heterocycles. The summed E-state index contributed by atoms with van der Waals surface area (Å²) in [6, 6.07) is 5.90. The van der Waals surface area contributed by atoms with Crippen LogP contribution in [0.4, 0.5) is 0 Å². The fourth-order valence-electron chi connectivity index (χ4n) is 3.94. The molecule has 4 N–H and O–H groups in total. The van der Waals surface area contributed by atoms with Crippen LogP contribution in [0.5, 0.6) is 11.5 Å². The van der Waals surface area contributed by atoms with Gasteiger partial charge in [-0.05, 0) is 25.6 Å². The van der Waals surface area contributed by atoms with Gasteiger partial charge < -0.3 is 29.8 Å². The number of carbonyl (C=O) groups is 1. The van der Waals surface area contributed by atoms with Crippen LogP contribution in [0, 0.1) is 0 Å². The van der Waals surface area contributed by atoms with E-state index in [9.17, 15) is 19.8 Å². The van der Waals surface area contributed by atoms with Gasteiger partial charge in [0.1, 0.15) is 17.6 Å². The summed E-state index contributed by atoms with van der Waals surface area (Å²) in [7, 11) is 1.99. The Morgan fingerprint density at radius 1 is 1.37 bits per heavy atom. The lowest BCUT2D eigenvalue weighted by atomic mass is 9.98. The van der Waals surface area contributed by atoms with Crippen LogP contribution in [0.1, 0.15) is 35.5 Å². The predicted molar refractivity (Wildman–Crippen MR) is 116 cm³/mol. The van der Waals surface area contributed by atoms with Crippen molar-refractivity contribution in [1.82, 2.24) is 14.9 Å². The van der Waals surface area contributed by atoms with E-state index in [0.717, 1.165) is 29.7 Å². The molecule has 0 bridgehead atoms. The Kier molecular flexibility index (Phi) is 5.83. The normalized spacial score (nSPS) is 15.0. The summed E-state index contributed by atoms with van der Waals surface area (Å²) in [6.45, 7) is 5.47. The molecular weight excluding hydrogens is 410 g/mol. The average molecular weight is 434 g/mol. The fraction of sp³-hybridized carbons (Fsp3) is 0.333. The van der Waals surface area contributed by atoms with Crippen molar-refractivity contribution in [2.24, 2.45) is 7.05 Å². The van der Waals surface area contributed by atoms with Gasteiger partial charge >= 0.3 is 5.97 Å². The first-order valence-corrected chi connectivity index (χ1v) is 9.53. The van der Waals surface area contributed by atoms with Gasteiger partial charge in [0.25, 0.3) is 5.56 Å². The van der Waals surface area contributed by atoms with Gasteiger partial charge in [-0.1, -0.05) is 6.92 Å². The molecule has 1 atom stereocenters. The number of aromatic carboxylic acids is 1. The maximum atomic E-state index is 12.3. The Balaban J connectivity index is 0.00000256. The monoisotopic (exact) mass is 433 g/mol. The number of nitrogens with one attached hydrogen (secondary N) is 2. The van der Waals surface area contributed by atoms with Crippen LogP contribution >= 0.6 is 12.4 Å². The predicted octanol–water partition coefficient (Wildman–Crippen LogP) is 2.79. The highest BCUT2D eigenvalue weighted by atomic mass is 35.5. The van der Waals surface area contributed by atoms with E-state index < -0.39 is 22.8 Å². The number of hydrogen-bond donors (Lipinski definition) is 4. The Bertz CT molecular complexity index is 1200. The second kappa shape index (κ2) is 8.04. The molecule has 9 heteroatoms. The van der Waals surface area contributed by atoms with Gasteiger partial charge in [-0.3, -0.25) is 4.79 Å². The molecule has 2 aromatic heterocycles. The van der Waals surface area contributed by atoms with E-state index in [1.165, 1.54) is 0 Å². The zero-order chi connectivity index (χ0) is 20.9. The number of aromatic hydroxyl groups is 1. The maximum absolute atomic E-state index is 12.3. The van der Waals surface area contributed by atoms with Crippen molar-refractivity contribution in [3.05, 3.63) is 45.4 Å². The van der Waals surface area contributed by atoms with Crippen molar-refractivity contribution in [2.75, 3.05) is 6.54 Å². The molecule has 0 radical (unpaired) electrons. The number of H-pyrrole nitrogens is 1. The van der Waals surface area contributed by atoms with E-state index in [1.54, 1.807) is 0 Å². The average Bonchev–Trinajstić information content (AvgIpc) is 2.88. The van der Waals surface area contributed by atoms with Gasteiger partial charge in [-0.15, -0.1) is 12.4 Å². The van der Waals surface area contributed by atoms with Gasteiger partial charge in [0.05, 0.1) is 11.2 Å². The molecular formula is C21H24ClN3O5. The number of halogens is 1. The Labute approximate surface area is 178 Å². The number of benzene rings is 1. The quantitative estimate of drug-likeness (QED) is 0.502. The zero-order valence-corrected chi connectivity index (χ0v) is 17.7. The first kappa shape index (κ1) is 21.7. The van der Waals surface area contributed by atoms with E-state index in [4.69, 9.17) is 4.74 Å². The van der Waals surface area contributed by atoms with Crippen molar-refractivity contribution in [1.29, 1.82) is 0 Å². The SMILES string of the molecule is CCNCc1cc2cc3c(cc2n1C)OC(C)Cc1c-3[nH]c(=O)c(C(=O)O)c1O.Cl. The topological polar surface area (TPSA) is 117 Å². The lowest BCUT2D eigenvalue weighted by Gasteiger charge is -2.13. The molecule has 30 heavy (non-hydrogen) atoms. The van der Waals surface area contributed by atoms with Crippen LogP contribution in [0.3, 0.4) is 0 Å². The first-order valence-electron chi connectivity index (χ1n) is 9.53. The lowest BCUT2D eigenvalue weighted by molar-refractivity contribution is 0.0691. The second-order valence-electron chi connectivity index (χ2n) is 7.35. The smallest absolute Gasteiger partial charge is 0.345 e. The van der Waals surface area contributed by atoms with Gasteiger partial charge in [-0.2, -0.15) is 0 Å². The number of ether oxygens (including phenoxy) is 1. The molecule has 1 aromatic carbocycles. The number of carboxylic acids is 1. The second-order valence-corrected chi connectivity index (χ2v) is 7.35. The van der Waals surface area contributed by atoms with Gasteiger partial charge in [0.15, 0.2) is 5.56 Å². The van der Waals surface area contributed by atoms with E-state index in [0.29, 0.717) is 22.6 Å². The van der Waals surface area contributed by atoms with E-state index in [1.807, 2.05) is 33.0 Å². The summed E-state index contributed by atoms with van der Waals surface area (Å²) in [5, 5.41) is 24.1.